The standard InChI is InChI=1S/C26H26N4O4/c1-28(2)25(31)19-5-7-22-18(16-19)9-14-30(22)24-8-6-21(17-27-24)34-20-10-12-29(13-11-20)26(32)23-4-3-15-33-23/h3-9,14-17,20H,10-13H2,1-2H3. The van der Waals surface area contributed by atoms with Gasteiger partial charge in [0.25, 0.3) is 11.8 Å². The molecule has 4 aromatic rings. The number of piperidine rings is 1. The molecule has 0 unspecified atom stereocenters. The number of aromatic nitrogens is 2. The van der Waals surface area contributed by atoms with E-state index in [2.05, 4.69) is 4.98 Å². The summed E-state index contributed by atoms with van der Waals surface area (Å²) in [6.45, 7) is 1.26. The summed E-state index contributed by atoms with van der Waals surface area (Å²) in [5.41, 5.74) is 1.63. The normalized spacial score (nSPS) is 14.4. The van der Waals surface area contributed by atoms with Crippen molar-refractivity contribution in [2.75, 3.05) is 27.2 Å². The summed E-state index contributed by atoms with van der Waals surface area (Å²) in [5, 5.41) is 0.977. The van der Waals surface area contributed by atoms with Crippen LogP contribution in [0.3, 0.4) is 0 Å². The Kier molecular flexibility index (Phi) is 5.79. The molecule has 1 fully saturated rings. The predicted molar refractivity (Wildman–Crippen MR) is 127 cm³/mol. The predicted octanol–water partition coefficient (Wildman–Crippen LogP) is 4.00. The number of fused-ring (bicyclic) bond motifs is 1. The van der Waals surface area contributed by atoms with E-state index in [-0.39, 0.29) is 17.9 Å². The van der Waals surface area contributed by atoms with Crippen molar-refractivity contribution in [3.63, 3.8) is 0 Å². The van der Waals surface area contributed by atoms with Crippen LogP contribution in [-0.4, -0.2) is 64.5 Å². The molecule has 0 N–H and O–H groups in total. The third kappa shape index (κ3) is 4.26. The number of likely N-dealkylation sites (tertiary alicyclic amines) is 1. The van der Waals surface area contributed by atoms with Gasteiger partial charge in [0.1, 0.15) is 17.7 Å². The molecule has 1 aromatic carbocycles. The smallest absolute Gasteiger partial charge is 0.289 e. The number of amides is 2. The van der Waals surface area contributed by atoms with Gasteiger partial charge in [-0.15, -0.1) is 0 Å². The van der Waals surface area contributed by atoms with Crippen molar-refractivity contribution in [2.24, 2.45) is 0 Å². The molecule has 0 bridgehead atoms. The van der Waals surface area contributed by atoms with Crippen LogP contribution in [-0.2, 0) is 0 Å². The maximum absolute atomic E-state index is 12.4. The molecule has 8 heteroatoms. The molecule has 1 aliphatic heterocycles. The fourth-order valence-electron chi connectivity index (χ4n) is 4.24. The van der Waals surface area contributed by atoms with Crippen LogP contribution < -0.4 is 4.74 Å². The van der Waals surface area contributed by atoms with Crippen LogP contribution in [0.1, 0.15) is 33.8 Å². The summed E-state index contributed by atoms with van der Waals surface area (Å²) in [4.78, 5) is 32.6. The largest absolute Gasteiger partial charge is 0.489 e. The number of rotatable bonds is 5. The Bertz CT molecular complexity index is 1300. The minimum Gasteiger partial charge on any atom is -0.489 e. The zero-order valence-corrected chi connectivity index (χ0v) is 19.2. The van der Waals surface area contributed by atoms with Gasteiger partial charge in [-0.05, 0) is 48.5 Å². The van der Waals surface area contributed by atoms with Gasteiger partial charge in [0.05, 0.1) is 18.0 Å². The van der Waals surface area contributed by atoms with Gasteiger partial charge in [0.15, 0.2) is 5.76 Å². The van der Waals surface area contributed by atoms with Gasteiger partial charge in [-0.2, -0.15) is 0 Å². The van der Waals surface area contributed by atoms with Crippen molar-refractivity contribution >= 4 is 22.7 Å². The van der Waals surface area contributed by atoms with Crippen LogP contribution in [0.25, 0.3) is 16.7 Å². The highest BCUT2D eigenvalue weighted by atomic mass is 16.5. The lowest BCUT2D eigenvalue weighted by Crippen LogP contribution is -2.41. The van der Waals surface area contributed by atoms with E-state index in [9.17, 15) is 9.59 Å². The molecule has 5 rings (SSSR count). The van der Waals surface area contributed by atoms with Crippen LogP contribution in [0.5, 0.6) is 5.75 Å². The molecule has 0 saturated carbocycles. The number of hydrogen-bond acceptors (Lipinski definition) is 5. The van der Waals surface area contributed by atoms with Crippen molar-refractivity contribution in [1.82, 2.24) is 19.4 Å². The summed E-state index contributed by atoms with van der Waals surface area (Å²) in [6, 6.07) is 14.9. The number of hydrogen-bond donors (Lipinski definition) is 0. The van der Waals surface area contributed by atoms with Gasteiger partial charge in [-0.25, -0.2) is 4.98 Å². The quantitative estimate of drug-likeness (QED) is 0.452. The molecule has 0 radical (unpaired) electrons. The summed E-state index contributed by atoms with van der Waals surface area (Å²) in [6.07, 6.45) is 6.73. The summed E-state index contributed by atoms with van der Waals surface area (Å²) >= 11 is 0. The second-order valence-corrected chi connectivity index (χ2v) is 8.60. The van der Waals surface area contributed by atoms with Gasteiger partial charge in [0, 0.05) is 57.2 Å². The Labute approximate surface area is 197 Å². The number of pyridine rings is 1. The number of ether oxygens (including phenoxy) is 1. The topological polar surface area (TPSA) is 80.8 Å². The summed E-state index contributed by atoms with van der Waals surface area (Å²) in [5.74, 6) is 1.75. The van der Waals surface area contributed by atoms with Crippen LogP contribution in [0.2, 0.25) is 0 Å². The second-order valence-electron chi connectivity index (χ2n) is 8.60. The van der Waals surface area contributed by atoms with Crippen molar-refractivity contribution in [2.45, 2.75) is 18.9 Å². The van der Waals surface area contributed by atoms with Crippen molar-refractivity contribution in [1.29, 1.82) is 0 Å². The van der Waals surface area contributed by atoms with Crippen molar-refractivity contribution < 1.29 is 18.7 Å². The van der Waals surface area contributed by atoms with E-state index < -0.39 is 0 Å². The van der Waals surface area contributed by atoms with Crippen molar-refractivity contribution in [3.05, 3.63) is 78.5 Å². The average molecular weight is 459 g/mol. The second kappa shape index (κ2) is 9.05. The van der Waals surface area contributed by atoms with E-state index >= 15 is 0 Å². The monoisotopic (exact) mass is 458 g/mol. The molecule has 0 aliphatic carbocycles. The van der Waals surface area contributed by atoms with Crippen LogP contribution in [0.4, 0.5) is 0 Å². The molecule has 8 nitrogen and oxygen atoms in total. The molecule has 2 amide bonds. The average Bonchev–Trinajstić information content (AvgIpc) is 3.54. The molecule has 3 aromatic heterocycles. The van der Waals surface area contributed by atoms with Crippen LogP contribution >= 0.6 is 0 Å². The molecule has 0 spiro atoms. The maximum atomic E-state index is 12.4. The Morgan fingerprint density at radius 1 is 1.09 bits per heavy atom. The molecule has 174 valence electrons. The Balaban J connectivity index is 1.23. The molecule has 34 heavy (non-hydrogen) atoms. The molecule has 0 atom stereocenters. The fraction of sp³-hybridized carbons (Fsp3) is 0.269. The first-order valence-electron chi connectivity index (χ1n) is 11.3. The van der Waals surface area contributed by atoms with Gasteiger partial charge in [-0.1, -0.05) is 0 Å². The zero-order valence-electron chi connectivity index (χ0n) is 19.2. The number of benzene rings is 1. The number of nitrogens with zero attached hydrogens (tertiary/aromatic N) is 4. The lowest BCUT2D eigenvalue weighted by atomic mass is 10.1. The maximum Gasteiger partial charge on any atom is 0.289 e. The summed E-state index contributed by atoms with van der Waals surface area (Å²) in [7, 11) is 3.49. The van der Waals surface area contributed by atoms with Crippen LogP contribution in [0, 0.1) is 0 Å². The van der Waals surface area contributed by atoms with Gasteiger partial charge < -0.3 is 23.5 Å². The van der Waals surface area contributed by atoms with E-state index in [1.165, 1.54) is 6.26 Å². The third-order valence-corrected chi connectivity index (χ3v) is 6.07. The number of carbonyl (C=O) groups excluding carboxylic acids is 2. The molecule has 4 heterocycles. The fourth-order valence-corrected chi connectivity index (χ4v) is 4.24. The minimum atomic E-state index is -0.0772. The summed E-state index contributed by atoms with van der Waals surface area (Å²) < 4.78 is 13.3. The highest BCUT2D eigenvalue weighted by molar-refractivity contribution is 5.98. The zero-order chi connectivity index (χ0) is 23.7. The lowest BCUT2D eigenvalue weighted by molar-refractivity contribution is 0.0566. The van der Waals surface area contributed by atoms with Crippen LogP contribution in [0.15, 0.2) is 71.6 Å². The highest BCUT2D eigenvalue weighted by Gasteiger charge is 2.26. The lowest BCUT2D eigenvalue weighted by Gasteiger charge is -2.31. The van der Waals surface area contributed by atoms with E-state index in [1.807, 2.05) is 47.2 Å². The Morgan fingerprint density at radius 2 is 1.91 bits per heavy atom. The molecular formula is C26H26N4O4. The van der Waals surface area contributed by atoms with Gasteiger partial charge in [-0.3, -0.25) is 9.59 Å². The number of furan rings is 1. The number of carbonyl (C=O) groups is 2. The third-order valence-electron chi connectivity index (χ3n) is 6.07. The molecular weight excluding hydrogens is 432 g/mol. The van der Waals surface area contributed by atoms with Gasteiger partial charge >= 0.3 is 0 Å². The Hall–Kier alpha value is -4.07. The molecule has 1 aliphatic rings. The first-order valence-corrected chi connectivity index (χ1v) is 11.3. The van der Waals surface area contributed by atoms with Crippen molar-refractivity contribution in [3.8, 4) is 11.6 Å². The van der Waals surface area contributed by atoms with E-state index in [0.29, 0.717) is 30.2 Å². The molecule has 1 saturated heterocycles. The highest BCUT2D eigenvalue weighted by Crippen LogP contribution is 2.24. The van der Waals surface area contributed by atoms with E-state index in [4.69, 9.17) is 9.15 Å². The Morgan fingerprint density at radius 3 is 2.59 bits per heavy atom. The van der Waals surface area contributed by atoms with Gasteiger partial charge in [0.2, 0.25) is 0 Å². The SMILES string of the molecule is CN(C)C(=O)c1ccc2c(ccn2-c2ccc(OC3CCN(C(=O)c4ccco4)CC3)cn2)c1. The van der Waals surface area contributed by atoms with E-state index in [0.717, 1.165) is 29.6 Å². The van der Waals surface area contributed by atoms with E-state index in [1.54, 1.807) is 42.2 Å². The first-order chi connectivity index (χ1) is 16.5. The first kappa shape index (κ1) is 21.8. The minimum absolute atomic E-state index is 0.0227.